The molecule has 0 heterocycles. The lowest BCUT2D eigenvalue weighted by Gasteiger charge is -2.21. The van der Waals surface area contributed by atoms with Gasteiger partial charge in [-0.25, -0.2) is 0 Å². The van der Waals surface area contributed by atoms with Gasteiger partial charge in [-0.3, -0.25) is 9.59 Å². The summed E-state index contributed by atoms with van der Waals surface area (Å²) in [5, 5.41) is 0. The highest BCUT2D eigenvalue weighted by Gasteiger charge is 2.26. The zero-order chi connectivity index (χ0) is 20.4. The summed E-state index contributed by atoms with van der Waals surface area (Å²) in [6.07, 6.45) is 0.823. The smallest absolute Gasteiger partial charge is 0.168 e. The average molecular weight is 365 g/mol. The van der Waals surface area contributed by atoms with Crippen molar-refractivity contribution in [2.45, 2.75) is 60.8 Å². The molecule has 0 saturated heterocycles. The molecule has 0 aliphatic rings. The predicted molar refractivity (Wildman–Crippen MR) is 113 cm³/mol. The Hall–Kier alpha value is -2.22. The molecule has 1 unspecified atom stereocenters. The second kappa shape index (κ2) is 7.80. The Labute approximate surface area is 164 Å². The van der Waals surface area contributed by atoms with E-state index in [1.54, 1.807) is 0 Å². The van der Waals surface area contributed by atoms with Crippen LogP contribution in [0.15, 0.2) is 48.5 Å². The lowest BCUT2D eigenvalue weighted by atomic mass is 9.81. The lowest BCUT2D eigenvalue weighted by Crippen LogP contribution is -2.23. The summed E-state index contributed by atoms with van der Waals surface area (Å²) < 4.78 is 0. The molecule has 2 nitrogen and oxygen atoms in total. The molecular weight excluding hydrogens is 332 g/mol. The first-order chi connectivity index (χ1) is 12.5. The SMILES string of the molecule is CCC(C)(C)C(=O)c1ccc(C(C)c2ccc(C(=O)C(C)(C)C)cc2)cc1. The molecule has 0 spiro atoms. The standard InChI is InChI=1S/C25H32O2/c1-8-25(6,7)23(27)21-15-11-19(12-16-21)17(2)18-9-13-20(14-10-18)22(26)24(3,4)5/h9-17H,8H2,1-7H3. The van der Waals surface area contributed by atoms with Crippen molar-refractivity contribution in [1.82, 2.24) is 0 Å². The lowest BCUT2D eigenvalue weighted by molar-refractivity contribution is 0.0831. The van der Waals surface area contributed by atoms with Crippen LogP contribution in [0.3, 0.4) is 0 Å². The maximum atomic E-state index is 12.6. The minimum Gasteiger partial charge on any atom is -0.294 e. The second-order valence-electron chi connectivity index (χ2n) is 9.11. The summed E-state index contributed by atoms with van der Waals surface area (Å²) in [4.78, 5) is 25.0. The molecular formula is C25H32O2. The van der Waals surface area contributed by atoms with E-state index >= 15 is 0 Å². The highest BCUT2D eigenvalue weighted by molar-refractivity contribution is 6.00. The number of Topliss-reactive ketones (excluding diaryl/α,β-unsaturated/α-hetero) is 2. The van der Waals surface area contributed by atoms with Crippen molar-refractivity contribution in [2.75, 3.05) is 0 Å². The van der Waals surface area contributed by atoms with Crippen LogP contribution in [0.25, 0.3) is 0 Å². The van der Waals surface area contributed by atoms with Crippen LogP contribution < -0.4 is 0 Å². The fraction of sp³-hybridized carbons (Fsp3) is 0.440. The Morgan fingerprint density at radius 3 is 1.44 bits per heavy atom. The third-order valence-electron chi connectivity index (χ3n) is 5.53. The van der Waals surface area contributed by atoms with Crippen LogP contribution in [0.1, 0.15) is 92.6 Å². The van der Waals surface area contributed by atoms with Crippen LogP contribution in [0.2, 0.25) is 0 Å². The van der Waals surface area contributed by atoms with Crippen LogP contribution in [-0.2, 0) is 0 Å². The Bertz CT molecular complexity index is 803. The summed E-state index contributed by atoms with van der Waals surface area (Å²) in [6, 6.07) is 15.8. The monoisotopic (exact) mass is 364 g/mol. The molecule has 0 fully saturated rings. The highest BCUT2D eigenvalue weighted by Crippen LogP contribution is 2.29. The van der Waals surface area contributed by atoms with Gasteiger partial charge >= 0.3 is 0 Å². The third kappa shape index (κ3) is 4.74. The molecule has 0 bridgehead atoms. The zero-order valence-electron chi connectivity index (χ0n) is 17.7. The van der Waals surface area contributed by atoms with Crippen molar-refractivity contribution in [1.29, 1.82) is 0 Å². The van der Waals surface area contributed by atoms with Gasteiger partial charge in [0, 0.05) is 27.9 Å². The van der Waals surface area contributed by atoms with Gasteiger partial charge in [-0.15, -0.1) is 0 Å². The summed E-state index contributed by atoms with van der Waals surface area (Å²) >= 11 is 0. The summed E-state index contributed by atoms with van der Waals surface area (Å²) in [5.74, 6) is 0.546. The van der Waals surface area contributed by atoms with E-state index in [2.05, 4.69) is 6.92 Å². The maximum Gasteiger partial charge on any atom is 0.168 e. The fourth-order valence-corrected chi connectivity index (χ4v) is 3.02. The van der Waals surface area contributed by atoms with Crippen LogP contribution in [0.5, 0.6) is 0 Å². The Morgan fingerprint density at radius 2 is 1.11 bits per heavy atom. The summed E-state index contributed by atoms with van der Waals surface area (Å²) in [5.41, 5.74) is 3.14. The molecule has 2 heteroatoms. The van der Waals surface area contributed by atoms with Gasteiger partial charge in [0.25, 0.3) is 0 Å². The fourth-order valence-electron chi connectivity index (χ4n) is 3.02. The van der Waals surface area contributed by atoms with E-state index in [9.17, 15) is 9.59 Å². The van der Waals surface area contributed by atoms with Gasteiger partial charge in [-0.05, 0) is 17.5 Å². The first kappa shape index (κ1) is 21.1. The maximum absolute atomic E-state index is 12.6. The van der Waals surface area contributed by atoms with E-state index < -0.39 is 0 Å². The molecule has 2 aromatic rings. The van der Waals surface area contributed by atoms with Gasteiger partial charge in [0.05, 0.1) is 0 Å². The van der Waals surface area contributed by atoms with E-state index in [0.29, 0.717) is 0 Å². The first-order valence-electron chi connectivity index (χ1n) is 9.77. The van der Waals surface area contributed by atoms with Crippen LogP contribution in [0.4, 0.5) is 0 Å². The number of carbonyl (C=O) groups is 2. The molecule has 2 rings (SSSR count). The number of ketones is 2. The van der Waals surface area contributed by atoms with E-state index in [4.69, 9.17) is 0 Å². The molecule has 0 amide bonds. The number of rotatable bonds is 6. The van der Waals surface area contributed by atoms with Crippen LogP contribution >= 0.6 is 0 Å². The number of carbonyl (C=O) groups excluding carboxylic acids is 2. The van der Waals surface area contributed by atoms with Crippen molar-refractivity contribution in [3.63, 3.8) is 0 Å². The van der Waals surface area contributed by atoms with Gasteiger partial charge < -0.3 is 0 Å². The topological polar surface area (TPSA) is 34.1 Å². The number of benzene rings is 2. The van der Waals surface area contributed by atoms with Gasteiger partial charge in [-0.1, -0.05) is 97.0 Å². The number of hydrogen-bond donors (Lipinski definition) is 0. The molecule has 0 N–H and O–H groups in total. The molecule has 2 aromatic carbocycles. The Balaban J connectivity index is 2.20. The summed E-state index contributed by atoms with van der Waals surface area (Å²) in [6.45, 7) is 14.0. The zero-order valence-corrected chi connectivity index (χ0v) is 17.7. The van der Waals surface area contributed by atoms with E-state index in [1.165, 1.54) is 0 Å². The van der Waals surface area contributed by atoms with E-state index in [0.717, 1.165) is 28.7 Å². The molecule has 144 valence electrons. The largest absolute Gasteiger partial charge is 0.294 e. The molecule has 0 radical (unpaired) electrons. The molecule has 0 aromatic heterocycles. The minimum atomic E-state index is -0.373. The molecule has 27 heavy (non-hydrogen) atoms. The molecule has 0 aliphatic heterocycles. The summed E-state index contributed by atoms with van der Waals surface area (Å²) in [7, 11) is 0. The quantitative estimate of drug-likeness (QED) is 0.535. The Kier molecular flexibility index (Phi) is 6.09. The van der Waals surface area contributed by atoms with Crippen LogP contribution in [0, 0.1) is 10.8 Å². The van der Waals surface area contributed by atoms with Gasteiger partial charge in [0.15, 0.2) is 11.6 Å². The van der Waals surface area contributed by atoms with Crippen molar-refractivity contribution >= 4 is 11.6 Å². The second-order valence-corrected chi connectivity index (χ2v) is 9.11. The van der Waals surface area contributed by atoms with Gasteiger partial charge in [0.2, 0.25) is 0 Å². The van der Waals surface area contributed by atoms with Gasteiger partial charge in [0.1, 0.15) is 0 Å². The van der Waals surface area contributed by atoms with Crippen molar-refractivity contribution in [3.05, 3.63) is 70.8 Å². The van der Waals surface area contributed by atoms with Gasteiger partial charge in [-0.2, -0.15) is 0 Å². The first-order valence-corrected chi connectivity index (χ1v) is 9.77. The highest BCUT2D eigenvalue weighted by atomic mass is 16.1. The van der Waals surface area contributed by atoms with Crippen LogP contribution in [-0.4, -0.2) is 11.6 Å². The Morgan fingerprint density at radius 1 is 0.741 bits per heavy atom. The third-order valence-corrected chi connectivity index (χ3v) is 5.53. The average Bonchev–Trinajstić information content (AvgIpc) is 2.65. The molecule has 0 aliphatic carbocycles. The van der Waals surface area contributed by atoms with Crippen molar-refractivity contribution < 1.29 is 9.59 Å². The number of hydrogen-bond acceptors (Lipinski definition) is 2. The van der Waals surface area contributed by atoms with Crippen molar-refractivity contribution in [2.24, 2.45) is 10.8 Å². The predicted octanol–water partition coefficient (Wildman–Crippen LogP) is 6.69. The normalized spacial score (nSPS) is 13.3. The van der Waals surface area contributed by atoms with Crippen molar-refractivity contribution in [3.8, 4) is 0 Å². The minimum absolute atomic E-state index is 0.156. The van der Waals surface area contributed by atoms with E-state index in [1.807, 2.05) is 90.1 Å². The molecule has 1 atom stereocenters. The molecule has 0 saturated carbocycles. The van der Waals surface area contributed by atoms with E-state index in [-0.39, 0.29) is 28.3 Å².